The number of piperazine rings is 1. The number of anilines is 1. The fourth-order valence-corrected chi connectivity index (χ4v) is 3.41. The quantitative estimate of drug-likeness (QED) is 0.626. The number of hydrogen-bond acceptors (Lipinski definition) is 6. The third-order valence-corrected chi connectivity index (χ3v) is 4.93. The number of nitrogens with zero attached hydrogens (tertiary/aromatic N) is 2. The number of fused-ring (bicyclic) bond motifs is 1. The fraction of sp³-hybridized carbons (Fsp3) is 0.364. The Kier molecular flexibility index (Phi) is 7.48. The molecule has 32 heavy (non-hydrogen) atoms. The third kappa shape index (κ3) is 5.87. The summed E-state index contributed by atoms with van der Waals surface area (Å²) in [5.41, 5.74) is 0.397. The number of carbonyl (C=O) groups excluding carboxylic acids is 3. The van der Waals surface area contributed by atoms with Gasteiger partial charge in [0.2, 0.25) is 11.8 Å². The summed E-state index contributed by atoms with van der Waals surface area (Å²) in [6, 6.07) is 10.5. The van der Waals surface area contributed by atoms with Crippen LogP contribution in [0.2, 0.25) is 0 Å². The van der Waals surface area contributed by atoms with Gasteiger partial charge in [0.25, 0.3) is 0 Å². The highest BCUT2D eigenvalue weighted by Gasteiger charge is 2.26. The number of nitrogens with one attached hydrogen (secondary N) is 1. The lowest BCUT2D eigenvalue weighted by atomic mass is 10.1. The van der Waals surface area contributed by atoms with Gasteiger partial charge >= 0.3 is 12.1 Å². The highest BCUT2D eigenvalue weighted by molar-refractivity contribution is 6.05. The van der Waals surface area contributed by atoms with Gasteiger partial charge in [-0.05, 0) is 18.4 Å². The van der Waals surface area contributed by atoms with Gasteiger partial charge in [-0.3, -0.25) is 9.59 Å². The minimum Gasteiger partial charge on any atom is -0.481 e. The van der Waals surface area contributed by atoms with Crippen molar-refractivity contribution < 1.29 is 33.8 Å². The van der Waals surface area contributed by atoms with Crippen molar-refractivity contribution in [3.8, 4) is 5.75 Å². The summed E-state index contributed by atoms with van der Waals surface area (Å²) in [6.45, 7) is 2.85. The second-order valence-corrected chi connectivity index (χ2v) is 7.17. The number of carboxylic acids is 1. The molecule has 1 fully saturated rings. The van der Waals surface area contributed by atoms with Gasteiger partial charge in [0, 0.05) is 43.3 Å². The normalized spacial score (nSPS) is 13.5. The van der Waals surface area contributed by atoms with Crippen molar-refractivity contribution in [2.45, 2.75) is 13.3 Å². The largest absolute Gasteiger partial charge is 0.481 e. The van der Waals surface area contributed by atoms with Crippen LogP contribution in [0.15, 0.2) is 36.4 Å². The van der Waals surface area contributed by atoms with Gasteiger partial charge in [-0.2, -0.15) is 0 Å². The van der Waals surface area contributed by atoms with E-state index in [2.05, 4.69) is 5.32 Å². The minimum absolute atomic E-state index is 0.288. The van der Waals surface area contributed by atoms with Crippen molar-refractivity contribution in [3.63, 3.8) is 0 Å². The minimum atomic E-state index is -1.11. The van der Waals surface area contributed by atoms with E-state index in [0.29, 0.717) is 43.0 Å². The average Bonchev–Trinajstić information content (AvgIpc) is 2.77. The maximum absolute atomic E-state index is 12.5. The first-order valence-electron chi connectivity index (χ1n) is 10.2. The van der Waals surface area contributed by atoms with Crippen LogP contribution >= 0.6 is 0 Å². The molecule has 170 valence electrons. The fourth-order valence-electron chi connectivity index (χ4n) is 3.41. The van der Waals surface area contributed by atoms with E-state index in [-0.39, 0.29) is 18.9 Å². The van der Waals surface area contributed by atoms with Crippen LogP contribution < -0.4 is 10.1 Å². The topological polar surface area (TPSA) is 125 Å². The van der Waals surface area contributed by atoms with E-state index in [1.807, 2.05) is 12.1 Å². The summed E-state index contributed by atoms with van der Waals surface area (Å²) in [7, 11) is 0. The van der Waals surface area contributed by atoms with E-state index in [0.717, 1.165) is 5.39 Å². The Morgan fingerprint density at radius 1 is 1.03 bits per heavy atom. The zero-order chi connectivity index (χ0) is 23.1. The van der Waals surface area contributed by atoms with Crippen LogP contribution in [0.3, 0.4) is 0 Å². The molecule has 3 rings (SSSR count). The maximum atomic E-state index is 12.5. The average molecular weight is 443 g/mol. The van der Waals surface area contributed by atoms with Gasteiger partial charge in [-0.25, -0.2) is 9.59 Å². The van der Waals surface area contributed by atoms with E-state index >= 15 is 0 Å². The van der Waals surface area contributed by atoms with Gasteiger partial charge in [-0.15, -0.1) is 0 Å². The second-order valence-electron chi connectivity index (χ2n) is 7.17. The van der Waals surface area contributed by atoms with Crippen LogP contribution in [0.1, 0.15) is 13.3 Å². The lowest BCUT2D eigenvalue weighted by Gasteiger charge is -2.34. The van der Waals surface area contributed by atoms with E-state index in [4.69, 9.17) is 14.6 Å². The van der Waals surface area contributed by atoms with Crippen molar-refractivity contribution in [2.24, 2.45) is 0 Å². The molecule has 2 N–H and O–H groups in total. The smallest absolute Gasteiger partial charge is 0.409 e. The summed E-state index contributed by atoms with van der Waals surface area (Å²) < 4.78 is 10.3. The lowest BCUT2D eigenvalue weighted by Crippen LogP contribution is -2.51. The molecular formula is C22H25N3O7. The van der Waals surface area contributed by atoms with Crippen LogP contribution in [0, 0.1) is 0 Å². The first kappa shape index (κ1) is 22.9. The first-order valence-corrected chi connectivity index (χ1v) is 10.2. The molecule has 2 aromatic rings. The summed E-state index contributed by atoms with van der Waals surface area (Å²) in [4.78, 5) is 50.6. The molecule has 0 bridgehead atoms. The van der Waals surface area contributed by atoms with Gasteiger partial charge < -0.3 is 29.7 Å². The van der Waals surface area contributed by atoms with Crippen molar-refractivity contribution in [2.75, 3.05) is 44.7 Å². The zero-order valence-electron chi connectivity index (χ0n) is 17.7. The number of carbonyl (C=O) groups is 4. The SMILES string of the molecule is CCOC(=O)N1CCN(C(=O)CC(=O)Nc2cc(OCC(=O)O)c3ccccc3c2)CC1. The number of rotatable bonds is 7. The Labute approximate surface area is 184 Å². The zero-order valence-corrected chi connectivity index (χ0v) is 17.7. The van der Waals surface area contributed by atoms with E-state index in [1.54, 1.807) is 25.1 Å². The Bertz CT molecular complexity index is 1020. The van der Waals surface area contributed by atoms with Crippen LogP contribution in [0.25, 0.3) is 10.8 Å². The third-order valence-electron chi connectivity index (χ3n) is 4.93. The molecular weight excluding hydrogens is 418 g/mol. The predicted molar refractivity (Wildman–Crippen MR) is 116 cm³/mol. The van der Waals surface area contributed by atoms with Crippen LogP contribution in [0.5, 0.6) is 5.75 Å². The molecule has 3 amide bonds. The van der Waals surface area contributed by atoms with Crippen molar-refractivity contribution in [3.05, 3.63) is 36.4 Å². The number of benzene rings is 2. The molecule has 1 aliphatic heterocycles. The van der Waals surface area contributed by atoms with E-state index in [9.17, 15) is 19.2 Å². The molecule has 10 nitrogen and oxygen atoms in total. The number of hydrogen-bond donors (Lipinski definition) is 2. The summed E-state index contributed by atoms with van der Waals surface area (Å²) in [5.74, 6) is -1.63. The summed E-state index contributed by atoms with van der Waals surface area (Å²) in [5, 5.41) is 13.0. The molecule has 0 aromatic heterocycles. The molecule has 1 aliphatic rings. The van der Waals surface area contributed by atoms with Crippen molar-refractivity contribution in [1.82, 2.24) is 9.80 Å². The molecule has 1 heterocycles. The van der Waals surface area contributed by atoms with E-state index < -0.39 is 24.6 Å². The Balaban J connectivity index is 1.60. The van der Waals surface area contributed by atoms with Gasteiger partial charge in [0.1, 0.15) is 12.2 Å². The molecule has 0 atom stereocenters. The highest BCUT2D eigenvalue weighted by atomic mass is 16.6. The van der Waals surface area contributed by atoms with Gasteiger partial charge in [-0.1, -0.05) is 24.3 Å². The maximum Gasteiger partial charge on any atom is 0.409 e. The number of amides is 3. The van der Waals surface area contributed by atoms with Gasteiger partial charge in [0.15, 0.2) is 6.61 Å². The van der Waals surface area contributed by atoms with Crippen molar-refractivity contribution >= 4 is 40.3 Å². The van der Waals surface area contributed by atoms with Crippen LogP contribution in [-0.2, 0) is 19.1 Å². The van der Waals surface area contributed by atoms with Crippen LogP contribution in [-0.4, -0.2) is 78.2 Å². The molecule has 0 spiro atoms. The molecule has 1 saturated heterocycles. The molecule has 0 aliphatic carbocycles. The Morgan fingerprint density at radius 3 is 2.41 bits per heavy atom. The number of aliphatic carboxylic acids is 1. The molecule has 0 unspecified atom stereocenters. The number of carboxylic acid groups (broad SMARTS) is 1. The number of ether oxygens (including phenoxy) is 2. The molecule has 0 saturated carbocycles. The Hall–Kier alpha value is -3.82. The van der Waals surface area contributed by atoms with Gasteiger partial charge in [0.05, 0.1) is 6.61 Å². The highest BCUT2D eigenvalue weighted by Crippen LogP contribution is 2.30. The Morgan fingerprint density at radius 2 is 1.72 bits per heavy atom. The van der Waals surface area contributed by atoms with Crippen molar-refractivity contribution in [1.29, 1.82) is 0 Å². The molecule has 2 aromatic carbocycles. The second kappa shape index (κ2) is 10.5. The summed E-state index contributed by atoms with van der Waals surface area (Å²) >= 11 is 0. The van der Waals surface area contributed by atoms with E-state index in [1.165, 1.54) is 15.9 Å². The molecule has 0 radical (unpaired) electrons. The molecule has 10 heteroatoms. The summed E-state index contributed by atoms with van der Waals surface area (Å²) in [6.07, 6.45) is -0.757. The van der Waals surface area contributed by atoms with Crippen LogP contribution in [0.4, 0.5) is 10.5 Å². The lowest BCUT2D eigenvalue weighted by molar-refractivity contribution is -0.139. The standard InChI is InChI=1S/C22H25N3O7/c1-2-31-22(30)25-9-7-24(8-10-25)20(27)13-19(26)23-16-11-15-5-3-4-6-17(15)18(12-16)32-14-21(28)29/h3-6,11-12H,2,7-10,13-14H2,1H3,(H,23,26)(H,28,29). The first-order chi connectivity index (χ1) is 15.4. The predicted octanol–water partition coefficient (Wildman–Crippen LogP) is 1.93. The monoisotopic (exact) mass is 443 g/mol.